The van der Waals surface area contributed by atoms with Crippen molar-refractivity contribution in [2.24, 2.45) is 0 Å². The SMILES string of the molecule is CCCCC(CCCC)(CCCC)N(C)[SiH3]. The molecule has 1 nitrogen and oxygen atoms in total. The molecule has 0 aliphatic carbocycles. The van der Waals surface area contributed by atoms with Crippen molar-refractivity contribution in [3.05, 3.63) is 0 Å². The van der Waals surface area contributed by atoms with Crippen molar-refractivity contribution in [2.45, 2.75) is 84.1 Å². The molecule has 0 heterocycles. The fourth-order valence-corrected chi connectivity index (χ4v) is 3.23. The molecule has 0 N–H and O–H groups in total. The van der Waals surface area contributed by atoms with Gasteiger partial charge in [-0.2, -0.15) is 0 Å². The van der Waals surface area contributed by atoms with Crippen LogP contribution < -0.4 is 0 Å². The number of hydrogen-bond donors (Lipinski definition) is 0. The molecule has 0 bridgehead atoms. The molecule has 0 radical (unpaired) electrons. The summed E-state index contributed by atoms with van der Waals surface area (Å²) in [6.45, 7) is 6.95. The first-order valence-corrected chi connectivity index (χ1v) is 8.19. The summed E-state index contributed by atoms with van der Waals surface area (Å²) in [6.07, 6.45) is 12.5. The number of unbranched alkanes of at least 4 members (excludes halogenated alkanes) is 3. The van der Waals surface area contributed by atoms with Gasteiger partial charge in [-0.1, -0.05) is 59.3 Å². The third-order valence-electron chi connectivity index (χ3n) is 3.94. The van der Waals surface area contributed by atoms with Crippen molar-refractivity contribution in [3.8, 4) is 0 Å². The van der Waals surface area contributed by atoms with E-state index in [1.54, 1.807) is 0 Å². The van der Waals surface area contributed by atoms with E-state index in [4.69, 9.17) is 0 Å². The summed E-state index contributed by atoms with van der Waals surface area (Å²) in [5.74, 6) is 0. The Balaban J connectivity index is 4.46. The van der Waals surface area contributed by atoms with E-state index in [0.29, 0.717) is 5.54 Å². The minimum absolute atomic E-state index is 0.550. The third-order valence-corrected chi connectivity index (χ3v) is 4.88. The monoisotopic (exact) mass is 243 g/mol. The molecule has 0 atom stereocenters. The molecule has 0 saturated carbocycles. The fraction of sp³-hybridized carbons (Fsp3) is 1.00. The predicted molar refractivity (Wildman–Crippen MR) is 79.0 cm³/mol. The molecule has 0 aromatic carbocycles. The Hall–Kier alpha value is 0.177. The summed E-state index contributed by atoms with van der Waals surface area (Å²) in [5.41, 5.74) is 0.550. The van der Waals surface area contributed by atoms with Crippen molar-refractivity contribution in [1.29, 1.82) is 0 Å². The van der Waals surface area contributed by atoms with Gasteiger partial charge in [0.1, 0.15) is 0 Å². The molecule has 16 heavy (non-hydrogen) atoms. The molecule has 0 aromatic heterocycles. The van der Waals surface area contributed by atoms with Gasteiger partial charge in [0.05, 0.1) is 10.4 Å². The van der Waals surface area contributed by atoms with Crippen LogP contribution in [0.3, 0.4) is 0 Å². The van der Waals surface area contributed by atoms with Gasteiger partial charge in [0.2, 0.25) is 0 Å². The number of rotatable bonds is 10. The molecule has 0 aliphatic heterocycles. The Morgan fingerprint density at radius 3 is 1.31 bits per heavy atom. The van der Waals surface area contributed by atoms with E-state index in [1.807, 2.05) is 0 Å². The Kier molecular flexibility index (Phi) is 9.33. The maximum Gasteiger partial charge on any atom is 0.0787 e. The minimum atomic E-state index is 0.550. The summed E-state index contributed by atoms with van der Waals surface area (Å²) in [4.78, 5) is 0. The predicted octanol–water partition coefficient (Wildman–Crippen LogP) is 3.51. The largest absolute Gasteiger partial charge is 0.330 e. The van der Waals surface area contributed by atoms with Gasteiger partial charge in [-0.3, -0.25) is 0 Å². The van der Waals surface area contributed by atoms with E-state index < -0.39 is 0 Å². The summed E-state index contributed by atoms with van der Waals surface area (Å²) in [6, 6.07) is 0. The molecule has 98 valence electrons. The fourth-order valence-electron chi connectivity index (χ4n) is 2.56. The molecule has 0 fully saturated rings. The van der Waals surface area contributed by atoms with Gasteiger partial charge in [0, 0.05) is 5.54 Å². The quantitative estimate of drug-likeness (QED) is 0.531. The second-order valence-electron chi connectivity index (χ2n) is 5.43. The molecule has 0 aromatic rings. The lowest BCUT2D eigenvalue weighted by molar-refractivity contribution is 0.162. The number of nitrogens with zero attached hydrogens (tertiary/aromatic N) is 1. The summed E-state index contributed by atoms with van der Waals surface area (Å²) < 4.78 is 2.65. The Morgan fingerprint density at radius 2 is 1.12 bits per heavy atom. The zero-order valence-electron chi connectivity index (χ0n) is 12.3. The van der Waals surface area contributed by atoms with Gasteiger partial charge in [-0.15, -0.1) is 0 Å². The van der Waals surface area contributed by atoms with Crippen LogP contribution in [0.5, 0.6) is 0 Å². The van der Waals surface area contributed by atoms with Crippen LogP contribution in [0.25, 0.3) is 0 Å². The van der Waals surface area contributed by atoms with Gasteiger partial charge in [-0.25, -0.2) is 0 Å². The van der Waals surface area contributed by atoms with Crippen LogP contribution in [0.1, 0.15) is 78.6 Å². The lowest BCUT2D eigenvalue weighted by Gasteiger charge is -2.41. The first-order valence-electron chi connectivity index (χ1n) is 7.30. The third kappa shape index (κ3) is 5.49. The highest BCUT2D eigenvalue weighted by atomic mass is 28.2. The maximum absolute atomic E-state index is 2.65. The van der Waals surface area contributed by atoms with Gasteiger partial charge in [0.15, 0.2) is 0 Å². The number of hydrogen-bond acceptors (Lipinski definition) is 1. The minimum Gasteiger partial charge on any atom is -0.330 e. The Bertz CT molecular complexity index is 135. The second kappa shape index (κ2) is 9.23. The zero-order valence-corrected chi connectivity index (χ0v) is 14.3. The lowest BCUT2D eigenvalue weighted by Crippen LogP contribution is -2.45. The van der Waals surface area contributed by atoms with E-state index >= 15 is 0 Å². The van der Waals surface area contributed by atoms with Crippen molar-refractivity contribution < 1.29 is 0 Å². The highest BCUT2D eigenvalue weighted by Crippen LogP contribution is 2.31. The summed E-state index contributed by atoms with van der Waals surface area (Å²) in [5, 5.41) is 0. The van der Waals surface area contributed by atoms with Crippen LogP contribution in [0.2, 0.25) is 0 Å². The van der Waals surface area contributed by atoms with E-state index in [1.165, 1.54) is 68.2 Å². The maximum atomic E-state index is 2.65. The van der Waals surface area contributed by atoms with E-state index in [2.05, 4.69) is 32.4 Å². The smallest absolute Gasteiger partial charge is 0.0787 e. The summed E-state index contributed by atoms with van der Waals surface area (Å²) >= 11 is 0. The van der Waals surface area contributed by atoms with Crippen molar-refractivity contribution >= 4 is 10.4 Å². The van der Waals surface area contributed by atoms with Crippen LogP contribution in [0.15, 0.2) is 0 Å². The highest BCUT2D eigenvalue weighted by molar-refractivity contribution is 6.04. The second-order valence-corrected chi connectivity index (χ2v) is 6.77. The van der Waals surface area contributed by atoms with Crippen LogP contribution in [0, 0.1) is 0 Å². The van der Waals surface area contributed by atoms with E-state index in [0.717, 1.165) is 0 Å². The molecule has 0 rings (SSSR count). The molecule has 0 spiro atoms. The molecule has 0 unspecified atom stereocenters. The molecular weight excluding hydrogens is 210 g/mol. The first-order chi connectivity index (χ1) is 7.63. The zero-order chi connectivity index (χ0) is 12.4. The van der Waals surface area contributed by atoms with Crippen LogP contribution in [0.4, 0.5) is 0 Å². The molecule has 0 saturated heterocycles. The van der Waals surface area contributed by atoms with Crippen LogP contribution in [-0.4, -0.2) is 27.6 Å². The standard InChI is InChI=1S/C14H33NSi/c1-5-8-11-14(15(4)16,12-9-6-2)13-10-7-3/h5-13H2,1-4,16H3. The molecular formula is C14H33NSi. The van der Waals surface area contributed by atoms with Crippen molar-refractivity contribution in [2.75, 3.05) is 7.05 Å². The normalized spacial score (nSPS) is 12.6. The molecule has 0 amide bonds. The average molecular weight is 244 g/mol. The Labute approximate surface area is 106 Å². The van der Waals surface area contributed by atoms with Crippen LogP contribution >= 0.6 is 0 Å². The topological polar surface area (TPSA) is 3.24 Å². The molecule has 2 heteroatoms. The summed E-state index contributed by atoms with van der Waals surface area (Å²) in [7, 11) is 3.55. The van der Waals surface area contributed by atoms with Crippen molar-refractivity contribution in [1.82, 2.24) is 4.57 Å². The Morgan fingerprint density at radius 1 is 0.812 bits per heavy atom. The van der Waals surface area contributed by atoms with Gasteiger partial charge in [0.25, 0.3) is 0 Å². The highest BCUT2D eigenvalue weighted by Gasteiger charge is 2.29. The van der Waals surface area contributed by atoms with Gasteiger partial charge >= 0.3 is 0 Å². The van der Waals surface area contributed by atoms with Gasteiger partial charge in [-0.05, 0) is 26.3 Å². The van der Waals surface area contributed by atoms with E-state index in [9.17, 15) is 0 Å². The van der Waals surface area contributed by atoms with Crippen LogP contribution in [-0.2, 0) is 0 Å². The van der Waals surface area contributed by atoms with E-state index in [-0.39, 0.29) is 0 Å². The van der Waals surface area contributed by atoms with Crippen molar-refractivity contribution in [3.63, 3.8) is 0 Å². The van der Waals surface area contributed by atoms with Gasteiger partial charge < -0.3 is 4.57 Å². The average Bonchev–Trinajstić information content (AvgIpc) is 2.28. The lowest BCUT2D eigenvalue weighted by atomic mass is 9.82. The molecule has 0 aliphatic rings. The first kappa shape index (κ1) is 16.2.